The second-order valence-corrected chi connectivity index (χ2v) is 2.95. The number of hydrogen-bond acceptors (Lipinski definition) is 1. The molecule has 1 unspecified atom stereocenters. The molecule has 1 rings (SSSR count). The fourth-order valence-electron chi connectivity index (χ4n) is 0.752. The Labute approximate surface area is 111 Å². The van der Waals surface area contributed by atoms with Crippen LogP contribution in [0.1, 0.15) is 5.56 Å². The maximum atomic E-state index is 10.5. The van der Waals surface area contributed by atoms with Crippen LogP contribution < -0.4 is 0 Å². The molecule has 0 heterocycles. The van der Waals surface area contributed by atoms with E-state index >= 15 is 0 Å². The second kappa shape index (κ2) is 5.58. The monoisotopic (exact) mass is 196 g/mol. The third-order valence-electron chi connectivity index (χ3n) is 1.28. The van der Waals surface area contributed by atoms with E-state index in [0.717, 1.165) is 5.56 Å². The third kappa shape index (κ3) is 3.46. The average molecular weight is 196 g/mol. The second-order valence-electron chi connectivity index (χ2n) is 2.01. The summed E-state index contributed by atoms with van der Waals surface area (Å²) in [5, 5.41) is 0. The van der Waals surface area contributed by atoms with Crippen molar-refractivity contribution in [2.75, 3.05) is 0 Å². The van der Waals surface area contributed by atoms with Crippen LogP contribution in [-0.2, 0) is 11.1 Å². The van der Waals surface area contributed by atoms with Gasteiger partial charge in [0, 0.05) is 0 Å². The SMILES string of the molecule is Cc1ccccc1S(=O)O.[KH]. The zero-order valence-corrected chi connectivity index (χ0v) is 6.39. The topological polar surface area (TPSA) is 37.3 Å². The van der Waals surface area contributed by atoms with Gasteiger partial charge in [0.15, 0.2) is 11.1 Å². The Bertz CT molecular complexity index is 262. The Balaban J connectivity index is 0.000001000. The average Bonchev–Trinajstić information content (AvgIpc) is 1.88. The van der Waals surface area contributed by atoms with Gasteiger partial charge in [-0.3, -0.25) is 0 Å². The van der Waals surface area contributed by atoms with Crippen LogP contribution in [0.2, 0.25) is 0 Å². The molecule has 0 aliphatic rings. The Hall–Kier alpha value is 0.966. The molecular weight excluding hydrogens is 187 g/mol. The van der Waals surface area contributed by atoms with Crippen molar-refractivity contribution in [3.8, 4) is 0 Å². The van der Waals surface area contributed by atoms with Crippen LogP contribution in [0.3, 0.4) is 0 Å². The van der Waals surface area contributed by atoms with Gasteiger partial charge in [-0.2, -0.15) is 0 Å². The van der Waals surface area contributed by atoms with E-state index in [-0.39, 0.29) is 51.4 Å². The van der Waals surface area contributed by atoms with Crippen LogP contribution in [-0.4, -0.2) is 60.1 Å². The minimum absolute atomic E-state index is 0. The molecule has 11 heavy (non-hydrogen) atoms. The van der Waals surface area contributed by atoms with Crippen LogP contribution in [0.4, 0.5) is 0 Å². The van der Waals surface area contributed by atoms with Gasteiger partial charge in [-0.05, 0) is 18.6 Å². The van der Waals surface area contributed by atoms with E-state index in [9.17, 15) is 4.21 Å². The van der Waals surface area contributed by atoms with Gasteiger partial charge in [-0.1, -0.05) is 18.2 Å². The fourth-order valence-corrected chi connectivity index (χ4v) is 1.29. The Kier molecular flexibility index (Phi) is 6.07. The molecule has 0 saturated heterocycles. The first-order valence-corrected chi connectivity index (χ1v) is 3.99. The van der Waals surface area contributed by atoms with Gasteiger partial charge >= 0.3 is 51.4 Å². The summed E-state index contributed by atoms with van der Waals surface area (Å²) in [6.07, 6.45) is 0. The molecule has 1 aromatic rings. The van der Waals surface area contributed by atoms with E-state index in [1.165, 1.54) is 0 Å². The summed E-state index contributed by atoms with van der Waals surface area (Å²) in [5.41, 5.74) is 0.850. The predicted octanol–water partition coefficient (Wildman–Crippen LogP) is 0.927. The summed E-state index contributed by atoms with van der Waals surface area (Å²) in [6.45, 7) is 1.81. The van der Waals surface area contributed by atoms with Gasteiger partial charge in [-0.25, -0.2) is 4.21 Å². The molecule has 0 spiro atoms. The van der Waals surface area contributed by atoms with Crippen LogP contribution in [0.15, 0.2) is 29.2 Å². The number of rotatable bonds is 1. The number of aryl methyl sites for hydroxylation is 1. The van der Waals surface area contributed by atoms with Crippen LogP contribution in [0.25, 0.3) is 0 Å². The van der Waals surface area contributed by atoms with E-state index in [1.54, 1.807) is 12.1 Å². The van der Waals surface area contributed by atoms with Crippen molar-refractivity contribution >= 4 is 62.5 Å². The summed E-state index contributed by atoms with van der Waals surface area (Å²) in [4.78, 5) is 0.488. The molecule has 2 nitrogen and oxygen atoms in total. The Morgan fingerprint density at radius 3 is 2.27 bits per heavy atom. The predicted molar refractivity (Wildman–Crippen MR) is 47.4 cm³/mol. The van der Waals surface area contributed by atoms with Crippen molar-refractivity contribution in [1.29, 1.82) is 0 Å². The fraction of sp³-hybridized carbons (Fsp3) is 0.143. The van der Waals surface area contributed by atoms with Crippen molar-refractivity contribution < 1.29 is 8.76 Å². The molecule has 1 aromatic carbocycles. The molecule has 0 radical (unpaired) electrons. The van der Waals surface area contributed by atoms with E-state index in [2.05, 4.69) is 0 Å². The van der Waals surface area contributed by atoms with Crippen LogP contribution in [0.5, 0.6) is 0 Å². The van der Waals surface area contributed by atoms with E-state index < -0.39 is 11.1 Å². The molecule has 0 aliphatic carbocycles. The molecule has 1 atom stereocenters. The van der Waals surface area contributed by atoms with E-state index in [0.29, 0.717) is 4.90 Å². The Morgan fingerprint density at radius 1 is 1.36 bits per heavy atom. The van der Waals surface area contributed by atoms with E-state index in [4.69, 9.17) is 4.55 Å². The molecule has 0 bridgehead atoms. The summed E-state index contributed by atoms with van der Waals surface area (Å²) >= 11 is -1.84. The quantitative estimate of drug-likeness (QED) is 0.536. The molecule has 0 aliphatic heterocycles. The molecule has 1 N–H and O–H groups in total. The zero-order valence-electron chi connectivity index (χ0n) is 5.57. The minimum atomic E-state index is -1.84. The van der Waals surface area contributed by atoms with Crippen molar-refractivity contribution in [1.82, 2.24) is 0 Å². The molecule has 0 fully saturated rings. The number of benzene rings is 1. The first-order valence-electron chi connectivity index (χ1n) is 2.88. The molecule has 56 valence electrons. The summed E-state index contributed by atoms with van der Waals surface area (Å²) in [5.74, 6) is 0. The Morgan fingerprint density at radius 2 is 1.91 bits per heavy atom. The van der Waals surface area contributed by atoms with Gasteiger partial charge in [0.25, 0.3) is 0 Å². The van der Waals surface area contributed by atoms with Gasteiger partial charge in [-0.15, -0.1) is 0 Å². The molecule has 0 aromatic heterocycles. The standard InChI is InChI=1S/C7H8O2S.K.H/c1-6-4-2-3-5-7(6)10(8)9;;/h2-5H,1H3,(H,8,9);;. The molecular formula is C7H9KO2S. The van der Waals surface area contributed by atoms with Gasteiger partial charge in [0.2, 0.25) is 0 Å². The molecule has 0 amide bonds. The van der Waals surface area contributed by atoms with Crippen molar-refractivity contribution in [2.24, 2.45) is 0 Å². The van der Waals surface area contributed by atoms with Crippen LogP contribution in [0, 0.1) is 6.92 Å². The van der Waals surface area contributed by atoms with Crippen LogP contribution >= 0.6 is 0 Å². The van der Waals surface area contributed by atoms with Gasteiger partial charge in [0.05, 0.1) is 4.90 Å². The van der Waals surface area contributed by atoms with Crippen molar-refractivity contribution in [2.45, 2.75) is 11.8 Å². The van der Waals surface area contributed by atoms with Crippen molar-refractivity contribution in [3.63, 3.8) is 0 Å². The maximum absolute atomic E-state index is 10.5. The third-order valence-corrected chi connectivity index (χ3v) is 2.12. The first-order chi connectivity index (χ1) is 4.72. The summed E-state index contributed by atoms with van der Waals surface area (Å²) < 4.78 is 19.2. The summed E-state index contributed by atoms with van der Waals surface area (Å²) in [6, 6.07) is 7.04. The molecule has 0 saturated carbocycles. The number of hydrogen-bond donors (Lipinski definition) is 1. The summed E-state index contributed by atoms with van der Waals surface area (Å²) in [7, 11) is 0. The zero-order chi connectivity index (χ0) is 7.56. The van der Waals surface area contributed by atoms with Gasteiger partial charge < -0.3 is 4.55 Å². The van der Waals surface area contributed by atoms with E-state index in [1.807, 2.05) is 19.1 Å². The molecule has 4 heteroatoms. The van der Waals surface area contributed by atoms with Gasteiger partial charge in [0.1, 0.15) is 0 Å². The first kappa shape index (κ1) is 12.0. The van der Waals surface area contributed by atoms with Crippen molar-refractivity contribution in [3.05, 3.63) is 29.8 Å². The normalized spacial score (nSPS) is 11.8.